The molecule has 0 bridgehead atoms. The van der Waals surface area contributed by atoms with Gasteiger partial charge in [-0.3, -0.25) is 0 Å². The van der Waals surface area contributed by atoms with Gasteiger partial charge in [0.1, 0.15) is 0 Å². The minimum atomic E-state index is 0.276. The van der Waals surface area contributed by atoms with E-state index in [4.69, 9.17) is 0 Å². The number of unbranched alkanes of at least 4 members (excludes halogenated alkanes) is 2. The van der Waals surface area contributed by atoms with Gasteiger partial charge in [-0.05, 0) is 72.5 Å². The fourth-order valence-corrected chi connectivity index (χ4v) is 3.07. The second kappa shape index (κ2) is 8.97. The molecule has 2 nitrogen and oxygen atoms in total. The molecule has 0 radical (unpaired) electrons. The molecule has 1 saturated heterocycles. The molecule has 0 aromatic carbocycles. The number of rotatable bonds is 7. The molecule has 2 heteroatoms. The van der Waals surface area contributed by atoms with Gasteiger partial charge >= 0.3 is 0 Å². The Morgan fingerprint density at radius 1 is 1.05 bits per heavy atom. The van der Waals surface area contributed by atoms with Crippen molar-refractivity contribution in [1.29, 1.82) is 0 Å². The lowest BCUT2D eigenvalue weighted by Crippen LogP contribution is -2.36. The van der Waals surface area contributed by atoms with E-state index in [0.29, 0.717) is 0 Å². The van der Waals surface area contributed by atoms with Crippen molar-refractivity contribution in [3.8, 4) is 0 Å². The maximum absolute atomic E-state index is 3.58. The van der Waals surface area contributed by atoms with E-state index < -0.39 is 0 Å². The fourth-order valence-electron chi connectivity index (χ4n) is 3.07. The summed E-state index contributed by atoms with van der Waals surface area (Å²) in [5, 5.41) is 3.58. The quantitative estimate of drug-likeness (QED) is 0.696. The van der Waals surface area contributed by atoms with Crippen LogP contribution >= 0.6 is 0 Å². The van der Waals surface area contributed by atoms with E-state index in [1.165, 1.54) is 71.0 Å². The van der Waals surface area contributed by atoms with Gasteiger partial charge in [0.05, 0.1) is 0 Å². The Bertz CT molecular complexity index is 220. The van der Waals surface area contributed by atoms with Gasteiger partial charge in [0.2, 0.25) is 0 Å². The molecule has 1 aliphatic heterocycles. The number of nitrogens with zero attached hydrogens (tertiary/aromatic N) is 1. The maximum Gasteiger partial charge on any atom is 0.00965 e. The Balaban J connectivity index is 2.10. The largest absolute Gasteiger partial charge is 0.312 e. The van der Waals surface area contributed by atoms with Crippen molar-refractivity contribution in [1.82, 2.24) is 10.2 Å². The van der Waals surface area contributed by atoms with Crippen LogP contribution in [0.4, 0.5) is 0 Å². The predicted molar refractivity (Wildman–Crippen MR) is 85.7 cm³/mol. The topological polar surface area (TPSA) is 15.3 Å². The van der Waals surface area contributed by atoms with Gasteiger partial charge in [0.15, 0.2) is 0 Å². The molecular formula is C17H36N2. The third-order valence-corrected chi connectivity index (χ3v) is 4.25. The molecule has 0 amide bonds. The molecule has 1 heterocycles. The Labute approximate surface area is 121 Å². The predicted octanol–water partition coefficient (Wildman–Crippen LogP) is 4.20. The third-order valence-electron chi connectivity index (χ3n) is 4.25. The summed E-state index contributed by atoms with van der Waals surface area (Å²) in [5.74, 6) is 0. The Kier molecular flexibility index (Phi) is 8.01. The van der Waals surface area contributed by atoms with Crippen molar-refractivity contribution >= 4 is 0 Å². The fraction of sp³-hybridized carbons (Fsp3) is 1.00. The molecule has 1 atom stereocenters. The highest BCUT2D eigenvalue weighted by Gasteiger charge is 2.18. The van der Waals surface area contributed by atoms with Crippen molar-refractivity contribution in [2.24, 2.45) is 0 Å². The van der Waals surface area contributed by atoms with Gasteiger partial charge in [-0.15, -0.1) is 0 Å². The lowest BCUT2D eigenvalue weighted by Gasteiger charge is -2.29. The highest BCUT2D eigenvalue weighted by Crippen LogP contribution is 2.19. The zero-order chi connectivity index (χ0) is 14.1. The molecular weight excluding hydrogens is 232 g/mol. The van der Waals surface area contributed by atoms with E-state index >= 15 is 0 Å². The van der Waals surface area contributed by atoms with Crippen molar-refractivity contribution in [3.05, 3.63) is 0 Å². The van der Waals surface area contributed by atoms with Gasteiger partial charge in [-0.25, -0.2) is 0 Å². The highest BCUT2D eigenvalue weighted by molar-refractivity contribution is 4.74. The van der Waals surface area contributed by atoms with Crippen molar-refractivity contribution in [3.63, 3.8) is 0 Å². The SMILES string of the molecule is CCC1CCCCCN1CCCCCNC(C)(C)C. The molecule has 0 aromatic heterocycles. The van der Waals surface area contributed by atoms with Crippen molar-refractivity contribution < 1.29 is 0 Å². The summed E-state index contributed by atoms with van der Waals surface area (Å²) in [7, 11) is 0. The number of hydrogen-bond acceptors (Lipinski definition) is 2. The lowest BCUT2D eigenvalue weighted by molar-refractivity contribution is 0.190. The van der Waals surface area contributed by atoms with Gasteiger partial charge in [0, 0.05) is 11.6 Å². The first-order valence-corrected chi connectivity index (χ1v) is 8.52. The molecule has 1 rings (SSSR count). The first-order valence-electron chi connectivity index (χ1n) is 8.52. The zero-order valence-electron chi connectivity index (χ0n) is 13.8. The molecule has 1 fully saturated rings. The van der Waals surface area contributed by atoms with E-state index in [2.05, 4.69) is 37.9 Å². The molecule has 0 spiro atoms. The van der Waals surface area contributed by atoms with Crippen LogP contribution in [0, 0.1) is 0 Å². The van der Waals surface area contributed by atoms with Crippen molar-refractivity contribution in [2.75, 3.05) is 19.6 Å². The van der Waals surface area contributed by atoms with Crippen molar-refractivity contribution in [2.45, 2.75) is 90.6 Å². The Morgan fingerprint density at radius 2 is 1.84 bits per heavy atom. The van der Waals surface area contributed by atoms with E-state index in [1.54, 1.807) is 0 Å². The smallest absolute Gasteiger partial charge is 0.00965 e. The van der Waals surface area contributed by atoms with Crippen LogP contribution in [-0.4, -0.2) is 36.1 Å². The standard InChI is InChI=1S/C17H36N2/c1-5-16-12-8-6-10-14-19(16)15-11-7-9-13-18-17(2,3)4/h16,18H,5-15H2,1-4H3. The van der Waals surface area contributed by atoms with Crippen LogP contribution in [0.15, 0.2) is 0 Å². The Hall–Kier alpha value is -0.0800. The average Bonchev–Trinajstić information content (AvgIpc) is 2.57. The van der Waals surface area contributed by atoms with Crippen LogP contribution in [0.5, 0.6) is 0 Å². The van der Waals surface area contributed by atoms with Crippen LogP contribution in [-0.2, 0) is 0 Å². The third kappa shape index (κ3) is 7.94. The van der Waals surface area contributed by atoms with Gasteiger partial charge in [-0.1, -0.05) is 26.2 Å². The summed E-state index contributed by atoms with van der Waals surface area (Å²) in [6.45, 7) is 12.9. The lowest BCUT2D eigenvalue weighted by atomic mass is 10.1. The molecule has 1 N–H and O–H groups in total. The average molecular weight is 268 g/mol. The summed E-state index contributed by atoms with van der Waals surface area (Å²) in [6, 6.07) is 0.871. The van der Waals surface area contributed by atoms with Gasteiger partial charge in [-0.2, -0.15) is 0 Å². The van der Waals surface area contributed by atoms with E-state index in [0.717, 1.165) is 6.04 Å². The first kappa shape index (κ1) is 17.0. The van der Waals surface area contributed by atoms with Gasteiger partial charge in [0.25, 0.3) is 0 Å². The monoisotopic (exact) mass is 268 g/mol. The molecule has 0 saturated carbocycles. The normalized spacial score (nSPS) is 22.4. The molecule has 114 valence electrons. The van der Waals surface area contributed by atoms with Crippen LogP contribution in [0.3, 0.4) is 0 Å². The van der Waals surface area contributed by atoms with E-state index in [1.807, 2.05) is 0 Å². The minimum Gasteiger partial charge on any atom is -0.312 e. The number of likely N-dealkylation sites (tertiary alicyclic amines) is 1. The highest BCUT2D eigenvalue weighted by atomic mass is 15.1. The van der Waals surface area contributed by atoms with Crippen LogP contribution in [0.1, 0.15) is 79.1 Å². The minimum absolute atomic E-state index is 0.276. The zero-order valence-corrected chi connectivity index (χ0v) is 13.8. The summed E-state index contributed by atoms with van der Waals surface area (Å²) < 4.78 is 0. The molecule has 0 aromatic rings. The number of hydrogen-bond donors (Lipinski definition) is 1. The molecule has 1 aliphatic rings. The maximum atomic E-state index is 3.58. The van der Waals surface area contributed by atoms with E-state index in [9.17, 15) is 0 Å². The first-order chi connectivity index (χ1) is 9.03. The summed E-state index contributed by atoms with van der Waals surface area (Å²) >= 11 is 0. The Morgan fingerprint density at radius 3 is 2.53 bits per heavy atom. The second-order valence-corrected chi connectivity index (χ2v) is 7.18. The summed E-state index contributed by atoms with van der Waals surface area (Å²) in [4.78, 5) is 2.77. The van der Waals surface area contributed by atoms with Crippen LogP contribution in [0.25, 0.3) is 0 Å². The molecule has 19 heavy (non-hydrogen) atoms. The summed E-state index contributed by atoms with van der Waals surface area (Å²) in [5.41, 5.74) is 0.276. The number of nitrogens with one attached hydrogen (secondary N) is 1. The second-order valence-electron chi connectivity index (χ2n) is 7.18. The van der Waals surface area contributed by atoms with Crippen LogP contribution in [0.2, 0.25) is 0 Å². The van der Waals surface area contributed by atoms with E-state index in [-0.39, 0.29) is 5.54 Å². The molecule has 1 unspecified atom stereocenters. The summed E-state index contributed by atoms with van der Waals surface area (Å²) in [6.07, 6.45) is 11.2. The van der Waals surface area contributed by atoms with Gasteiger partial charge < -0.3 is 10.2 Å². The molecule has 0 aliphatic carbocycles. The van der Waals surface area contributed by atoms with Crippen LogP contribution < -0.4 is 5.32 Å².